The first kappa shape index (κ1) is 21.8. The Kier molecular flexibility index (Phi) is 6.76. The van der Waals surface area contributed by atoms with Crippen molar-refractivity contribution in [1.29, 1.82) is 0 Å². The van der Waals surface area contributed by atoms with Gasteiger partial charge in [0.05, 0.1) is 12.6 Å². The molecule has 0 radical (unpaired) electrons. The molecule has 1 aliphatic heterocycles. The molecular formula is C18H23F3N2O5. The van der Waals surface area contributed by atoms with Crippen LogP contribution in [0.2, 0.25) is 0 Å². The fraction of sp³-hybridized carbons (Fsp3) is 0.556. The summed E-state index contributed by atoms with van der Waals surface area (Å²) in [5, 5.41) is 2.40. The number of alkyl carbamates (subject to hydrolysis) is 1. The van der Waals surface area contributed by atoms with Crippen molar-refractivity contribution >= 4 is 12.2 Å². The fourth-order valence-corrected chi connectivity index (χ4v) is 2.66. The second-order valence-electron chi connectivity index (χ2n) is 7.28. The van der Waals surface area contributed by atoms with E-state index in [0.29, 0.717) is 0 Å². The summed E-state index contributed by atoms with van der Waals surface area (Å²) in [5.41, 5.74) is -0.0850. The number of benzene rings is 1. The Morgan fingerprint density at radius 2 is 1.82 bits per heavy atom. The van der Waals surface area contributed by atoms with Gasteiger partial charge in [-0.3, -0.25) is 9.64 Å². The monoisotopic (exact) mass is 404 g/mol. The average molecular weight is 404 g/mol. The number of hydrogen-bond donors (Lipinski definition) is 1. The molecule has 1 aliphatic rings. The van der Waals surface area contributed by atoms with Crippen molar-refractivity contribution in [3.63, 3.8) is 0 Å². The number of alkyl halides is 3. The van der Waals surface area contributed by atoms with E-state index in [1.54, 1.807) is 51.1 Å². The molecule has 1 aromatic rings. The molecule has 0 aliphatic carbocycles. The van der Waals surface area contributed by atoms with Gasteiger partial charge >= 0.3 is 18.5 Å². The zero-order valence-corrected chi connectivity index (χ0v) is 15.8. The van der Waals surface area contributed by atoms with Crippen LogP contribution in [0.3, 0.4) is 0 Å². The number of likely N-dealkylation sites (tertiary alicyclic amines) is 1. The van der Waals surface area contributed by atoms with Crippen molar-refractivity contribution in [2.45, 2.75) is 58.0 Å². The van der Waals surface area contributed by atoms with Gasteiger partial charge in [-0.25, -0.2) is 9.59 Å². The van der Waals surface area contributed by atoms with Crippen LogP contribution in [0.5, 0.6) is 0 Å². The molecule has 28 heavy (non-hydrogen) atoms. The lowest BCUT2D eigenvalue weighted by Gasteiger charge is -2.26. The van der Waals surface area contributed by atoms with Gasteiger partial charge in [0.15, 0.2) is 0 Å². The summed E-state index contributed by atoms with van der Waals surface area (Å²) in [7, 11) is 0. The largest absolute Gasteiger partial charge is 0.522 e. The highest BCUT2D eigenvalue weighted by atomic mass is 19.4. The van der Waals surface area contributed by atoms with E-state index >= 15 is 0 Å². The van der Waals surface area contributed by atoms with Crippen molar-refractivity contribution in [1.82, 2.24) is 10.2 Å². The molecular weight excluding hydrogens is 381 g/mol. The Morgan fingerprint density at radius 3 is 2.39 bits per heavy atom. The van der Waals surface area contributed by atoms with Crippen LogP contribution in [0.15, 0.2) is 30.3 Å². The van der Waals surface area contributed by atoms with Crippen LogP contribution < -0.4 is 5.32 Å². The SMILES string of the molecule is CC(C)(C)OC(=O)NC1CC(OC(F)(F)F)CN1C(=O)OCc1ccccc1. The molecule has 0 saturated carbocycles. The van der Waals surface area contributed by atoms with Crippen LogP contribution >= 0.6 is 0 Å². The minimum Gasteiger partial charge on any atom is -0.444 e. The number of carbonyl (C=O) groups excluding carboxylic acids is 2. The topological polar surface area (TPSA) is 77.1 Å². The number of rotatable bonds is 4. The van der Waals surface area contributed by atoms with Gasteiger partial charge in [-0.05, 0) is 26.3 Å². The third kappa shape index (κ3) is 7.26. The summed E-state index contributed by atoms with van der Waals surface area (Å²) in [4.78, 5) is 25.3. The summed E-state index contributed by atoms with van der Waals surface area (Å²) in [5.74, 6) is 0. The molecule has 7 nitrogen and oxygen atoms in total. The van der Waals surface area contributed by atoms with Crippen molar-refractivity contribution in [2.24, 2.45) is 0 Å². The highest BCUT2D eigenvalue weighted by molar-refractivity contribution is 5.72. The number of amides is 2. The summed E-state index contributed by atoms with van der Waals surface area (Å²) in [6.07, 6.45) is -9.21. The van der Waals surface area contributed by atoms with Crippen LogP contribution in [0.1, 0.15) is 32.8 Å². The Morgan fingerprint density at radius 1 is 1.18 bits per heavy atom. The van der Waals surface area contributed by atoms with Crippen LogP contribution in [0.4, 0.5) is 22.8 Å². The van der Waals surface area contributed by atoms with Gasteiger partial charge in [0.2, 0.25) is 0 Å². The normalized spacial score (nSPS) is 20.0. The van der Waals surface area contributed by atoms with Crippen molar-refractivity contribution in [3.05, 3.63) is 35.9 Å². The number of hydrogen-bond acceptors (Lipinski definition) is 5. The van der Waals surface area contributed by atoms with Gasteiger partial charge in [-0.15, -0.1) is 13.2 Å². The van der Waals surface area contributed by atoms with Gasteiger partial charge < -0.3 is 14.8 Å². The standard InChI is InChI=1S/C18H23F3N2O5/c1-17(2,3)28-15(24)22-14-9-13(27-18(19,20)21)10-23(14)16(25)26-11-12-7-5-4-6-8-12/h4-8,13-14H,9-11H2,1-3H3,(H,22,24). The molecule has 1 heterocycles. The van der Waals surface area contributed by atoms with E-state index in [1.807, 2.05) is 0 Å². The van der Waals surface area contributed by atoms with E-state index in [4.69, 9.17) is 9.47 Å². The first-order valence-electron chi connectivity index (χ1n) is 8.64. The zero-order chi connectivity index (χ0) is 20.9. The lowest BCUT2D eigenvalue weighted by molar-refractivity contribution is -0.340. The molecule has 0 spiro atoms. The molecule has 2 amide bonds. The third-order valence-electron chi connectivity index (χ3n) is 3.69. The summed E-state index contributed by atoms with van der Waals surface area (Å²) < 4.78 is 51.9. The van der Waals surface area contributed by atoms with Gasteiger partial charge in [-0.1, -0.05) is 30.3 Å². The van der Waals surface area contributed by atoms with Crippen LogP contribution in [0.25, 0.3) is 0 Å². The van der Waals surface area contributed by atoms with E-state index < -0.39 is 36.4 Å². The number of nitrogens with one attached hydrogen (secondary N) is 1. The molecule has 1 aromatic carbocycles. The average Bonchev–Trinajstić information content (AvgIpc) is 2.92. The lowest BCUT2D eigenvalue weighted by Crippen LogP contribution is -2.48. The predicted molar refractivity (Wildman–Crippen MR) is 92.0 cm³/mol. The second kappa shape index (κ2) is 8.68. The minimum atomic E-state index is -4.86. The van der Waals surface area contributed by atoms with Crippen LogP contribution in [-0.2, 0) is 20.8 Å². The summed E-state index contributed by atoms with van der Waals surface area (Å²) in [6.45, 7) is 4.49. The van der Waals surface area contributed by atoms with E-state index in [-0.39, 0.29) is 19.6 Å². The number of carbonyl (C=O) groups is 2. The van der Waals surface area contributed by atoms with Gasteiger partial charge in [-0.2, -0.15) is 0 Å². The molecule has 0 bridgehead atoms. The van der Waals surface area contributed by atoms with Gasteiger partial charge in [0.25, 0.3) is 0 Å². The van der Waals surface area contributed by atoms with E-state index in [1.165, 1.54) is 0 Å². The Bertz CT molecular complexity index is 676. The van der Waals surface area contributed by atoms with Gasteiger partial charge in [0, 0.05) is 6.42 Å². The number of nitrogens with zero attached hydrogens (tertiary/aromatic N) is 1. The molecule has 0 aromatic heterocycles. The van der Waals surface area contributed by atoms with E-state index in [2.05, 4.69) is 10.1 Å². The fourth-order valence-electron chi connectivity index (χ4n) is 2.66. The first-order valence-corrected chi connectivity index (χ1v) is 8.64. The third-order valence-corrected chi connectivity index (χ3v) is 3.69. The Labute approximate surface area is 160 Å². The molecule has 1 fully saturated rings. The maximum Gasteiger partial charge on any atom is 0.522 e. The second-order valence-corrected chi connectivity index (χ2v) is 7.28. The Hall–Kier alpha value is -2.49. The van der Waals surface area contributed by atoms with E-state index in [9.17, 15) is 22.8 Å². The van der Waals surface area contributed by atoms with Gasteiger partial charge in [0.1, 0.15) is 18.4 Å². The number of ether oxygens (including phenoxy) is 3. The highest BCUT2D eigenvalue weighted by Gasteiger charge is 2.43. The summed E-state index contributed by atoms with van der Waals surface area (Å²) >= 11 is 0. The van der Waals surface area contributed by atoms with Crippen molar-refractivity contribution < 1.29 is 37.0 Å². The molecule has 10 heteroatoms. The highest BCUT2D eigenvalue weighted by Crippen LogP contribution is 2.27. The molecule has 2 rings (SSSR count). The quantitative estimate of drug-likeness (QED) is 0.826. The summed E-state index contributed by atoms with van der Waals surface area (Å²) in [6, 6.07) is 8.80. The zero-order valence-electron chi connectivity index (χ0n) is 15.8. The van der Waals surface area contributed by atoms with Crippen molar-refractivity contribution in [3.8, 4) is 0 Å². The molecule has 1 N–H and O–H groups in total. The van der Waals surface area contributed by atoms with Crippen LogP contribution in [-0.4, -0.2) is 47.9 Å². The maximum atomic E-state index is 12.5. The number of halogens is 3. The molecule has 2 atom stereocenters. The minimum absolute atomic E-state index is 0.0554. The smallest absolute Gasteiger partial charge is 0.444 e. The molecule has 1 saturated heterocycles. The van der Waals surface area contributed by atoms with E-state index in [0.717, 1.165) is 10.5 Å². The molecule has 156 valence electrons. The lowest BCUT2D eigenvalue weighted by atomic mass is 10.2. The first-order chi connectivity index (χ1) is 12.9. The van der Waals surface area contributed by atoms with Crippen molar-refractivity contribution in [2.75, 3.05) is 6.54 Å². The maximum absolute atomic E-state index is 12.5. The molecule has 2 unspecified atom stereocenters. The van der Waals surface area contributed by atoms with Crippen LogP contribution in [0, 0.1) is 0 Å². The Balaban J connectivity index is 2.02. The predicted octanol–water partition coefficient (Wildman–Crippen LogP) is 3.78.